The van der Waals surface area contributed by atoms with Gasteiger partial charge in [-0.15, -0.1) is 0 Å². The van der Waals surface area contributed by atoms with E-state index in [-0.39, 0.29) is 35.3 Å². The summed E-state index contributed by atoms with van der Waals surface area (Å²) in [4.78, 5) is 25.2. The molecule has 0 saturated carbocycles. The van der Waals surface area contributed by atoms with E-state index in [0.717, 1.165) is 12.0 Å². The van der Waals surface area contributed by atoms with Gasteiger partial charge in [0.25, 0.3) is 0 Å². The summed E-state index contributed by atoms with van der Waals surface area (Å²) >= 11 is 6.23. The fraction of sp³-hybridized carbons (Fsp3) is 0.308. The Hall–Kier alpha value is -3.25. The van der Waals surface area contributed by atoms with E-state index in [9.17, 15) is 9.59 Å². The Balaban J connectivity index is 2.08. The van der Waals surface area contributed by atoms with Crippen molar-refractivity contribution in [2.24, 2.45) is 5.92 Å². The third kappa shape index (κ3) is 5.40. The molecule has 0 saturated heterocycles. The van der Waals surface area contributed by atoms with Gasteiger partial charge >= 0.3 is 11.9 Å². The van der Waals surface area contributed by atoms with E-state index in [1.165, 1.54) is 19.8 Å². The van der Waals surface area contributed by atoms with Crippen molar-refractivity contribution in [1.29, 1.82) is 0 Å². The molecule has 0 bridgehead atoms. The predicted molar refractivity (Wildman–Crippen MR) is 128 cm³/mol. The lowest BCUT2D eigenvalue weighted by molar-refractivity contribution is -0.138. The standard InChI is InChI=1S/C26H27ClO6/c1-6-16-7-9-17(10-8-16)13-21(28)32-22-19-12-11-18(27)14-20(19)23(33-26(29)15(2)3)25(31-5)24(22)30-4/h7-12,14-15H,6,13H2,1-5H3. The normalized spacial score (nSPS) is 10.9. The van der Waals surface area contributed by atoms with Crippen molar-refractivity contribution >= 4 is 34.3 Å². The van der Waals surface area contributed by atoms with Crippen LogP contribution >= 0.6 is 11.6 Å². The summed E-state index contributed by atoms with van der Waals surface area (Å²) in [6.07, 6.45) is 0.999. The summed E-state index contributed by atoms with van der Waals surface area (Å²) in [6, 6.07) is 12.8. The van der Waals surface area contributed by atoms with Crippen LogP contribution in [-0.4, -0.2) is 26.2 Å². The number of rotatable bonds is 8. The molecule has 3 rings (SSSR count). The molecule has 174 valence electrons. The first-order valence-corrected chi connectivity index (χ1v) is 11.0. The first kappa shape index (κ1) is 24.4. The fourth-order valence-electron chi connectivity index (χ4n) is 3.35. The lowest BCUT2D eigenvalue weighted by atomic mass is 10.1. The third-order valence-corrected chi connectivity index (χ3v) is 5.40. The van der Waals surface area contributed by atoms with E-state index in [4.69, 9.17) is 30.5 Å². The lowest BCUT2D eigenvalue weighted by Gasteiger charge is -2.20. The quantitative estimate of drug-likeness (QED) is 0.307. The molecular weight excluding hydrogens is 444 g/mol. The van der Waals surface area contributed by atoms with Crippen LogP contribution in [0.5, 0.6) is 23.0 Å². The fourth-order valence-corrected chi connectivity index (χ4v) is 3.53. The highest BCUT2D eigenvalue weighted by Crippen LogP contribution is 2.51. The van der Waals surface area contributed by atoms with Gasteiger partial charge in [-0.2, -0.15) is 0 Å². The van der Waals surface area contributed by atoms with E-state index in [1.54, 1.807) is 32.0 Å². The van der Waals surface area contributed by atoms with Crippen molar-refractivity contribution in [1.82, 2.24) is 0 Å². The predicted octanol–water partition coefficient (Wildman–Crippen LogP) is 5.78. The number of halogens is 1. The number of hydrogen-bond donors (Lipinski definition) is 0. The Morgan fingerprint density at radius 2 is 1.39 bits per heavy atom. The highest BCUT2D eigenvalue weighted by atomic mass is 35.5. The summed E-state index contributed by atoms with van der Waals surface area (Å²) in [5.41, 5.74) is 2.02. The maximum absolute atomic E-state index is 12.8. The van der Waals surface area contributed by atoms with Gasteiger partial charge in [0.1, 0.15) is 0 Å². The highest BCUT2D eigenvalue weighted by Gasteiger charge is 2.27. The molecule has 0 atom stereocenters. The smallest absolute Gasteiger partial charge is 0.315 e. The molecule has 7 heteroatoms. The number of ether oxygens (including phenoxy) is 4. The van der Waals surface area contributed by atoms with Gasteiger partial charge in [0.05, 0.1) is 26.6 Å². The Morgan fingerprint density at radius 3 is 1.94 bits per heavy atom. The van der Waals surface area contributed by atoms with E-state index >= 15 is 0 Å². The minimum absolute atomic E-state index is 0.0780. The van der Waals surface area contributed by atoms with Crippen molar-refractivity contribution in [3.63, 3.8) is 0 Å². The Kier molecular flexibility index (Phi) is 7.82. The van der Waals surface area contributed by atoms with Crippen molar-refractivity contribution in [3.8, 4) is 23.0 Å². The van der Waals surface area contributed by atoms with Crippen LogP contribution in [-0.2, 0) is 22.4 Å². The zero-order chi connectivity index (χ0) is 24.1. The number of hydrogen-bond acceptors (Lipinski definition) is 6. The molecule has 0 aliphatic heterocycles. The van der Waals surface area contributed by atoms with Gasteiger partial charge in [0, 0.05) is 15.8 Å². The van der Waals surface area contributed by atoms with E-state index < -0.39 is 11.9 Å². The summed E-state index contributed by atoms with van der Waals surface area (Å²) < 4.78 is 22.5. The van der Waals surface area contributed by atoms with Gasteiger partial charge in [-0.3, -0.25) is 9.59 Å². The Bertz CT molecular complexity index is 1170. The molecule has 0 aromatic heterocycles. The molecule has 3 aromatic carbocycles. The number of benzene rings is 3. The van der Waals surface area contributed by atoms with Crippen molar-refractivity contribution < 1.29 is 28.5 Å². The van der Waals surface area contributed by atoms with Crippen molar-refractivity contribution in [2.75, 3.05) is 14.2 Å². The number of fused-ring (bicyclic) bond motifs is 1. The second-order valence-corrected chi connectivity index (χ2v) is 8.25. The second kappa shape index (κ2) is 10.6. The lowest BCUT2D eigenvalue weighted by Crippen LogP contribution is -2.16. The van der Waals surface area contributed by atoms with E-state index in [1.807, 2.05) is 24.3 Å². The highest BCUT2D eigenvalue weighted by molar-refractivity contribution is 6.31. The van der Waals surface area contributed by atoms with Gasteiger partial charge in [0.15, 0.2) is 11.5 Å². The first-order chi connectivity index (χ1) is 15.8. The van der Waals surface area contributed by atoms with Gasteiger partial charge in [0.2, 0.25) is 11.5 Å². The molecule has 0 aliphatic carbocycles. The number of aryl methyl sites for hydroxylation is 1. The number of carbonyl (C=O) groups is 2. The molecule has 0 amide bonds. The Morgan fingerprint density at radius 1 is 0.818 bits per heavy atom. The maximum atomic E-state index is 12.8. The van der Waals surface area contributed by atoms with Crippen molar-refractivity contribution in [2.45, 2.75) is 33.6 Å². The molecule has 0 unspecified atom stereocenters. The maximum Gasteiger partial charge on any atom is 0.315 e. The second-order valence-electron chi connectivity index (χ2n) is 7.81. The zero-order valence-electron chi connectivity index (χ0n) is 19.4. The average molecular weight is 471 g/mol. The summed E-state index contributed by atoms with van der Waals surface area (Å²) in [6.45, 7) is 5.53. The summed E-state index contributed by atoms with van der Waals surface area (Å²) in [5.74, 6) is -0.683. The molecule has 0 fully saturated rings. The largest absolute Gasteiger partial charge is 0.490 e. The molecule has 0 spiro atoms. The third-order valence-electron chi connectivity index (χ3n) is 5.17. The molecule has 0 heterocycles. The summed E-state index contributed by atoms with van der Waals surface area (Å²) in [7, 11) is 2.84. The Labute approximate surface area is 198 Å². The van der Waals surface area contributed by atoms with Crippen LogP contribution in [0.2, 0.25) is 5.02 Å². The molecule has 0 N–H and O–H groups in total. The van der Waals surface area contributed by atoms with E-state index in [2.05, 4.69) is 6.92 Å². The number of carbonyl (C=O) groups excluding carboxylic acids is 2. The van der Waals surface area contributed by atoms with Crippen LogP contribution in [0.25, 0.3) is 10.8 Å². The number of esters is 2. The average Bonchev–Trinajstić information content (AvgIpc) is 2.80. The molecule has 33 heavy (non-hydrogen) atoms. The molecule has 3 aromatic rings. The van der Waals surface area contributed by atoms with Crippen LogP contribution in [0, 0.1) is 5.92 Å². The van der Waals surface area contributed by atoms with Crippen LogP contribution in [0.1, 0.15) is 31.9 Å². The molecule has 0 aliphatic rings. The van der Waals surface area contributed by atoms with Gasteiger partial charge in [-0.1, -0.05) is 56.6 Å². The van der Waals surface area contributed by atoms with Crippen LogP contribution in [0.4, 0.5) is 0 Å². The molecule has 0 radical (unpaired) electrons. The van der Waals surface area contributed by atoms with Gasteiger partial charge in [-0.25, -0.2) is 0 Å². The zero-order valence-corrected chi connectivity index (χ0v) is 20.1. The minimum Gasteiger partial charge on any atom is -0.490 e. The van der Waals surface area contributed by atoms with Gasteiger partial charge < -0.3 is 18.9 Å². The van der Waals surface area contributed by atoms with Crippen molar-refractivity contribution in [3.05, 3.63) is 58.6 Å². The first-order valence-electron chi connectivity index (χ1n) is 10.7. The summed E-state index contributed by atoms with van der Waals surface area (Å²) in [5, 5.41) is 1.38. The topological polar surface area (TPSA) is 71.1 Å². The monoisotopic (exact) mass is 470 g/mol. The van der Waals surface area contributed by atoms with Crippen LogP contribution < -0.4 is 18.9 Å². The van der Waals surface area contributed by atoms with Crippen LogP contribution in [0.3, 0.4) is 0 Å². The minimum atomic E-state index is -0.470. The van der Waals surface area contributed by atoms with Crippen LogP contribution in [0.15, 0.2) is 42.5 Å². The SMILES string of the molecule is CCc1ccc(CC(=O)Oc2c(OC)c(OC)c(OC(=O)C(C)C)c3cc(Cl)ccc23)cc1. The molecule has 6 nitrogen and oxygen atoms in total. The van der Waals surface area contributed by atoms with E-state index in [0.29, 0.717) is 15.8 Å². The van der Waals surface area contributed by atoms with Gasteiger partial charge in [-0.05, 0) is 35.7 Å². The number of methoxy groups -OCH3 is 2. The molecular formula is C26H27ClO6.